The number of anilines is 1. The number of hydrogen-bond acceptors (Lipinski definition) is 6. The van der Waals surface area contributed by atoms with Crippen LogP contribution in [0.4, 0.5) is 5.13 Å². The smallest absolute Gasteiger partial charge is 0.320 e. The lowest BCUT2D eigenvalue weighted by Crippen LogP contribution is -2.41. The molecular weight excluding hydrogens is 278 g/mol. The molecule has 1 rings (SSSR count). The van der Waals surface area contributed by atoms with Gasteiger partial charge in [-0.1, -0.05) is 0 Å². The zero-order chi connectivity index (χ0) is 15.1. The topological polar surface area (TPSA) is 71.5 Å². The highest BCUT2D eigenvalue weighted by Crippen LogP contribution is 2.14. The van der Waals surface area contributed by atoms with Gasteiger partial charge in [-0.3, -0.25) is 14.5 Å². The molecule has 0 saturated carbocycles. The molecule has 0 aliphatic carbocycles. The average Bonchev–Trinajstić information content (AvgIpc) is 2.73. The number of thiazole rings is 1. The Balaban J connectivity index is 2.52. The quantitative estimate of drug-likeness (QED) is 0.775. The van der Waals surface area contributed by atoms with Gasteiger partial charge in [-0.05, 0) is 27.7 Å². The summed E-state index contributed by atoms with van der Waals surface area (Å²) in [6, 6.07) is 0.0724. The number of aryl methyl sites for hydroxylation is 1. The fourth-order valence-electron chi connectivity index (χ4n) is 1.55. The van der Waals surface area contributed by atoms with Crippen LogP contribution < -0.4 is 5.32 Å². The molecule has 1 aromatic heterocycles. The second-order valence-corrected chi connectivity index (χ2v) is 5.50. The summed E-state index contributed by atoms with van der Waals surface area (Å²) in [7, 11) is 0. The van der Waals surface area contributed by atoms with Gasteiger partial charge < -0.3 is 10.1 Å². The first-order chi connectivity index (χ1) is 9.42. The lowest BCUT2D eigenvalue weighted by atomic mass is 10.3. The van der Waals surface area contributed by atoms with Gasteiger partial charge in [0.15, 0.2) is 5.13 Å². The van der Waals surface area contributed by atoms with E-state index in [1.165, 1.54) is 11.3 Å². The Morgan fingerprint density at radius 3 is 2.65 bits per heavy atom. The van der Waals surface area contributed by atoms with Crippen LogP contribution in [0, 0.1) is 6.92 Å². The van der Waals surface area contributed by atoms with Crippen molar-refractivity contribution in [3.8, 4) is 0 Å². The van der Waals surface area contributed by atoms with E-state index in [0.717, 1.165) is 5.69 Å². The summed E-state index contributed by atoms with van der Waals surface area (Å²) in [5.74, 6) is -0.503. The van der Waals surface area contributed by atoms with Crippen LogP contribution in [0.15, 0.2) is 5.38 Å². The van der Waals surface area contributed by atoms with Gasteiger partial charge in [0.2, 0.25) is 5.91 Å². The van der Waals surface area contributed by atoms with Crippen molar-refractivity contribution < 1.29 is 14.3 Å². The molecule has 0 aliphatic heterocycles. The summed E-state index contributed by atoms with van der Waals surface area (Å²) in [6.07, 6.45) is 0. The van der Waals surface area contributed by atoms with E-state index in [1.807, 2.05) is 26.2 Å². The van der Waals surface area contributed by atoms with E-state index in [4.69, 9.17) is 4.74 Å². The fourth-order valence-corrected chi connectivity index (χ4v) is 2.25. The van der Waals surface area contributed by atoms with Crippen LogP contribution in [0.5, 0.6) is 0 Å². The molecule has 6 nitrogen and oxygen atoms in total. The molecule has 0 saturated heterocycles. The molecule has 0 radical (unpaired) electrons. The fraction of sp³-hybridized carbons (Fsp3) is 0.615. The standard InChI is InChI=1S/C13H21N3O3S/c1-5-19-12(18)7-16(9(2)3)6-11(17)15-13-14-10(4)8-20-13/h8-9H,5-7H2,1-4H3,(H,14,15,17). The predicted molar refractivity (Wildman–Crippen MR) is 78.8 cm³/mol. The molecule has 0 aromatic carbocycles. The minimum Gasteiger partial charge on any atom is -0.465 e. The molecule has 112 valence electrons. The number of nitrogens with zero attached hydrogens (tertiary/aromatic N) is 2. The molecule has 1 aromatic rings. The van der Waals surface area contributed by atoms with Crippen LogP contribution in [0.3, 0.4) is 0 Å². The normalized spacial score (nSPS) is 10.9. The molecule has 7 heteroatoms. The highest BCUT2D eigenvalue weighted by molar-refractivity contribution is 7.13. The number of nitrogens with one attached hydrogen (secondary N) is 1. The number of hydrogen-bond donors (Lipinski definition) is 1. The van der Waals surface area contributed by atoms with Crippen molar-refractivity contribution in [2.75, 3.05) is 25.0 Å². The van der Waals surface area contributed by atoms with Crippen LogP contribution in [0.1, 0.15) is 26.5 Å². The summed E-state index contributed by atoms with van der Waals surface area (Å²) in [5.41, 5.74) is 0.873. The maximum atomic E-state index is 11.9. The monoisotopic (exact) mass is 299 g/mol. The summed E-state index contributed by atoms with van der Waals surface area (Å²) in [4.78, 5) is 29.4. The third kappa shape index (κ3) is 5.66. The van der Waals surface area contributed by atoms with Crippen molar-refractivity contribution in [3.63, 3.8) is 0 Å². The highest BCUT2D eigenvalue weighted by atomic mass is 32.1. The van der Waals surface area contributed by atoms with Crippen molar-refractivity contribution >= 4 is 28.3 Å². The van der Waals surface area contributed by atoms with Gasteiger partial charge >= 0.3 is 5.97 Å². The van der Waals surface area contributed by atoms with Crippen molar-refractivity contribution in [2.24, 2.45) is 0 Å². The van der Waals surface area contributed by atoms with Gasteiger partial charge in [-0.2, -0.15) is 0 Å². The Morgan fingerprint density at radius 1 is 1.45 bits per heavy atom. The molecule has 0 unspecified atom stereocenters. The number of rotatable bonds is 7. The minimum atomic E-state index is -0.320. The minimum absolute atomic E-state index is 0.0724. The van der Waals surface area contributed by atoms with Crippen LogP contribution in [-0.2, 0) is 14.3 Å². The van der Waals surface area contributed by atoms with Gasteiger partial charge in [0.05, 0.1) is 25.4 Å². The Morgan fingerprint density at radius 2 is 2.15 bits per heavy atom. The Kier molecular flexibility index (Phi) is 6.60. The molecule has 1 N–H and O–H groups in total. The Bertz CT molecular complexity index is 459. The lowest BCUT2D eigenvalue weighted by molar-refractivity contribution is -0.145. The van der Waals surface area contributed by atoms with E-state index < -0.39 is 0 Å². The van der Waals surface area contributed by atoms with Crippen LogP contribution in [0.2, 0.25) is 0 Å². The number of ether oxygens (including phenoxy) is 1. The first-order valence-corrected chi connectivity index (χ1v) is 7.42. The summed E-state index contributed by atoms with van der Waals surface area (Å²) in [5, 5.41) is 5.17. The van der Waals surface area contributed by atoms with Gasteiger partial charge in [-0.15, -0.1) is 11.3 Å². The highest BCUT2D eigenvalue weighted by Gasteiger charge is 2.18. The van der Waals surface area contributed by atoms with Crippen LogP contribution >= 0.6 is 11.3 Å². The molecule has 1 amide bonds. The molecule has 0 spiro atoms. The molecule has 0 fully saturated rings. The Labute approximate surface area is 123 Å². The van der Waals surface area contributed by atoms with E-state index in [1.54, 1.807) is 11.8 Å². The van der Waals surface area contributed by atoms with Gasteiger partial charge in [0.25, 0.3) is 0 Å². The summed E-state index contributed by atoms with van der Waals surface area (Å²) in [6.45, 7) is 8.07. The maximum Gasteiger partial charge on any atom is 0.320 e. The summed E-state index contributed by atoms with van der Waals surface area (Å²) >= 11 is 1.38. The lowest BCUT2D eigenvalue weighted by Gasteiger charge is -2.24. The first kappa shape index (κ1) is 16.6. The molecule has 20 heavy (non-hydrogen) atoms. The SMILES string of the molecule is CCOC(=O)CN(CC(=O)Nc1nc(C)cs1)C(C)C. The third-order valence-electron chi connectivity index (χ3n) is 2.58. The van der Waals surface area contributed by atoms with E-state index in [-0.39, 0.29) is 31.0 Å². The number of carbonyl (C=O) groups excluding carboxylic acids is 2. The maximum absolute atomic E-state index is 11.9. The molecule has 1 heterocycles. The van der Waals surface area contributed by atoms with Gasteiger partial charge in [-0.25, -0.2) is 4.98 Å². The van der Waals surface area contributed by atoms with E-state index >= 15 is 0 Å². The van der Waals surface area contributed by atoms with Crippen LogP contribution in [0.25, 0.3) is 0 Å². The molecule has 0 bridgehead atoms. The number of aromatic nitrogens is 1. The second kappa shape index (κ2) is 7.96. The zero-order valence-electron chi connectivity index (χ0n) is 12.3. The second-order valence-electron chi connectivity index (χ2n) is 4.65. The van der Waals surface area contributed by atoms with Crippen molar-refractivity contribution in [2.45, 2.75) is 33.7 Å². The largest absolute Gasteiger partial charge is 0.465 e. The number of carbonyl (C=O) groups is 2. The number of amides is 1. The Hall–Kier alpha value is -1.47. The third-order valence-corrected chi connectivity index (χ3v) is 3.46. The average molecular weight is 299 g/mol. The van der Waals surface area contributed by atoms with E-state index in [2.05, 4.69) is 10.3 Å². The van der Waals surface area contributed by atoms with Crippen molar-refractivity contribution in [1.82, 2.24) is 9.88 Å². The predicted octanol–water partition coefficient (Wildman–Crippen LogP) is 1.66. The van der Waals surface area contributed by atoms with Gasteiger partial charge in [0.1, 0.15) is 0 Å². The van der Waals surface area contributed by atoms with Crippen LogP contribution in [-0.4, -0.2) is 47.5 Å². The van der Waals surface area contributed by atoms with Crippen molar-refractivity contribution in [3.05, 3.63) is 11.1 Å². The van der Waals surface area contributed by atoms with Gasteiger partial charge in [0, 0.05) is 11.4 Å². The first-order valence-electron chi connectivity index (χ1n) is 6.54. The van der Waals surface area contributed by atoms with E-state index in [9.17, 15) is 9.59 Å². The molecule has 0 aliphatic rings. The van der Waals surface area contributed by atoms with Crippen molar-refractivity contribution in [1.29, 1.82) is 0 Å². The zero-order valence-corrected chi connectivity index (χ0v) is 13.1. The molecule has 0 atom stereocenters. The number of esters is 1. The summed E-state index contributed by atoms with van der Waals surface area (Å²) < 4.78 is 4.90. The molecular formula is C13H21N3O3S. The van der Waals surface area contributed by atoms with E-state index in [0.29, 0.717) is 11.7 Å².